The van der Waals surface area contributed by atoms with Gasteiger partial charge in [-0.15, -0.1) is 0 Å². The standard InChI is InChI=1S/C9H17N.C8H12.C2H6/c1-2-4-8-6-10-7-9(8)5-3-1;1-4-6-8(3)7-5-2;1-2/h8-10H,1-7H2;4-7H,1H2,2-3H3;1-2H3/b;7-5-,8-6-;. The Morgan fingerprint density at radius 3 is 2.05 bits per heavy atom. The van der Waals surface area contributed by atoms with E-state index in [1.54, 1.807) is 6.08 Å². The summed E-state index contributed by atoms with van der Waals surface area (Å²) in [5.41, 5.74) is 1.24. The zero-order valence-electron chi connectivity index (χ0n) is 14.1. The summed E-state index contributed by atoms with van der Waals surface area (Å²) in [5, 5.41) is 3.49. The van der Waals surface area contributed by atoms with Crippen LogP contribution in [0.1, 0.15) is 59.8 Å². The van der Waals surface area contributed by atoms with Crippen molar-refractivity contribution in [3.8, 4) is 0 Å². The molecule has 20 heavy (non-hydrogen) atoms. The molecule has 1 heteroatoms. The van der Waals surface area contributed by atoms with Crippen LogP contribution in [0.5, 0.6) is 0 Å². The van der Waals surface area contributed by atoms with Crippen LogP contribution in [0.3, 0.4) is 0 Å². The van der Waals surface area contributed by atoms with Gasteiger partial charge >= 0.3 is 0 Å². The molecule has 2 atom stereocenters. The lowest BCUT2D eigenvalue weighted by atomic mass is 9.92. The van der Waals surface area contributed by atoms with E-state index in [1.807, 2.05) is 45.9 Å². The van der Waals surface area contributed by atoms with Gasteiger partial charge in [-0.2, -0.15) is 0 Å². The number of hydrogen-bond acceptors (Lipinski definition) is 1. The van der Waals surface area contributed by atoms with E-state index in [0.29, 0.717) is 0 Å². The number of fused-ring (bicyclic) bond motifs is 1. The smallest absolute Gasteiger partial charge is 0.00173 e. The van der Waals surface area contributed by atoms with Gasteiger partial charge in [-0.3, -0.25) is 0 Å². The van der Waals surface area contributed by atoms with Gasteiger partial charge in [0.05, 0.1) is 0 Å². The molecule has 116 valence electrons. The summed E-state index contributed by atoms with van der Waals surface area (Å²) in [6.07, 6.45) is 15.3. The molecule has 0 bridgehead atoms. The Labute approximate surface area is 127 Å². The zero-order valence-corrected chi connectivity index (χ0v) is 14.1. The third-order valence-electron chi connectivity index (χ3n) is 3.94. The lowest BCUT2D eigenvalue weighted by Gasteiger charge is -2.12. The first kappa shape index (κ1) is 19.2. The van der Waals surface area contributed by atoms with E-state index in [0.717, 1.165) is 11.8 Å². The molecule has 2 aliphatic rings. The van der Waals surface area contributed by atoms with Gasteiger partial charge in [0.2, 0.25) is 0 Å². The predicted octanol–water partition coefficient (Wildman–Crippen LogP) is 5.51. The summed E-state index contributed by atoms with van der Waals surface area (Å²) in [5.74, 6) is 2.09. The normalized spacial score (nSPS) is 25.7. The third kappa shape index (κ3) is 8.37. The van der Waals surface area contributed by atoms with Crippen molar-refractivity contribution in [3.05, 3.63) is 36.5 Å². The summed E-state index contributed by atoms with van der Waals surface area (Å²) >= 11 is 0. The van der Waals surface area contributed by atoms with E-state index in [4.69, 9.17) is 0 Å². The van der Waals surface area contributed by atoms with Crippen molar-refractivity contribution in [2.75, 3.05) is 13.1 Å². The molecule has 0 spiro atoms. The minimum Gasteiger partial charge on any atom is -0.316 e. The molecule has 0 radical (unpaired) electrons. The Kier molecular flexibility index (Phi) is 12.6. The second kappa shape index (κ2) is 13.2. The zero-order chi connectivity index (χ0) is 15.2. The summed E-state index contributed by atoms with van der Waals surface area (Å²) < 4.78 is 0. The fourth-order valence-electron chi connectivity index (χ4n) is 2.96. The van der Waals surface area contributed by atoms with Gasteiger partial charge in [-0.1, -0.05) is 69.6 Å². The molecule has 2 unspecified atom stereocenters. The van der Waals surface area contributed by atoms with Gasteiger partial charge < -0.3 is 5.32 Å². The van der Waals surface area contributed by atoms with E-state index < -0.39 is 0 Å². The molecule has 2 rings (SSSR count). The molecule has 1 aliphatic carbocycles. The number of rotatable bonds is 2. The molecular weight excluding hydrogens is 242 g/mol. The fourth-order valence-corrected chi connectivity index (χ4v) is 2.96. The molecule has 0 amide bonds. The van der Waals surface area contributed by atoms with Crippen molar-refractivity contribution in [1.82, 2.24) is 5.32 Å². The van der Waals surface area contributed by atoms with Crippen LogP contribution >= 0.6 is 0 Å². The number of hydrogen-bond donors (Lipinski definition) is 1. The van der Waals surface area contributed by atoms with Crippen molar-refractivity contribution in [3.63, 3.8) is 0 Å². The molecular formula is C19H35N. The highest BCUT2D eigenvalue weighted by Crippen LogP contribution is 2.30. The maximum atomic E-state index is 3.57. The van der Waals surface area contributed by atoms with E-state index in [-0.39, 0.29) is 0 Å². The van der Waals surface area contributed by atoms with Crippen LogP contribution in [0.2, 0.25) is 0 Å². The predicted molar refractivity (Wildman–Crippen MR) is 93.1 cm³/mol. The number of nitrogens with one attached hydrogen (secondary N) is 1. The highest BCUT2D eigenvalue weighted by molar-refractivity contribution is 5.19. The molecule has 1 N–H and O–H groups in total. The second-order valence-electron chi connectivity index (χ2n) is 5.46. The van der Waals surface area contributed by atoms with Crippen LogP contribution < -0.4 is 5.32 Å². The molecule has 1 aliphatic heterocycles. The van der Waals surface area contributed by atoms with Crippen molar-refractivity contribution in [1.29, 1.82) is 0 Å². The molecule has 2 fully saturated rings. The Balaban J connectivity index is 0.000000330. The minimum absolute atomic E-state index is 1.04. The van der Waals surface area contributed by atoms with Gasteiger partial charge in [0.15, 0.2) is 0 Å². The monoisotopic (exact) mass is 277 g/mol. The first-order chi connectivity index (χ1) is 9.77. The van der Waals surface area contributed by atoms with Crippen molar-refractivity contribution < 1.29 is 0 Å². The molecule has 0 aromatic heterocycles. The summed E-state index contributed by atoms with van der Waals surface area (Å²) in [7, 11) is 0. The summed E-state index contributed by atoms with van der Waals surface area (Å²) in [6, 6.07) is 0. The van der Waals surface area contributed by atoms with E-state index in [9.17, 15) is 0 Å². The Hall–Kier alpha value is -0.820. The topological polar surface area (TPSA) is 12.0 Å². The van der Waals surface area contributed by atoms with Gasteiger partial charge in [0.1, 0.15) is 0 Å². The van der Waals surface area contributed by atoms with Crippen LogP contribution in [0.25, 0.3) is 0 Å². The Morgan fingerprint density at radius 1 is 1.05 bits per heavy atom. The fraction of sp³-hybridized carbons (Fsp3) is 0.684. The lowest BCUT2D eigenvalue weighted by Crippen LogP contribution is -2.09. The molecule has 1 saturated carbocycles. The van der Waals surface area contributed by atoms with E-state index in [1.165, 1.54) is 50.8 Å². The highest BCUT2D eigenvalue weighted by Gasteiger charge is 2.27. The van der Waals surface area contributed by atoms with E-state index in [2.05, 4.69) is 11.9 Å². The average molecular weight is 277 g/mol. The van der Waals surface area contributed by atoms with Gasteiger partial charge in [-0.25, -0.2) is 0 Å². The summed E-state index contributed by atoms with van der Waals surface area (Å²) in [4.78, 5) is 0. The van der Waals surface area contributed by atoms with Crippen molar-refractivity contribution in [2.24, 2.45) is 11.8 Å². The van der Waals surface area contributed by atoms with Crippen LogP contribution in [0.4, 0.5) is 0 Å². The Morgan fingerprint density at radius 2 is 1.60 bits per heavy atom. The van der Waals surface area contributed by atoms with Crippen molar-refractivity contribution >= 4 is 0 Å². The molecule has 1 saturated heterocycles. The van der Waals surface area contributed by atoms with Crippen molar-refractivity contribution in [2.45, 2.75) is 59.8 Å². The Bertz CT molecular complexity index is 276. The minimum atomic E-state index is 1.04. The van der Waals surface area contributed by atoms with Crippen LogP contribution in [0.15, 0.2) is 36.5 Å². The van der Waals surface area contributed by atoms with Gasteiger partial charge in [0.25, 0.3) is 0 Å². The van der Waals surface area contributed by atoms with Crippen LogP contribution in [-0.4, -0.2) is 13.1 Å². The largest absolute Gasteiger partial charge is 0.316 e. The quantitative estimate of drug-likeness (QED) is 0.656. The van der Waals surface area contributed by atoms with Crippen LogP contribution in [-0.2, 0) is 0 Å². The number of allylic oxidation sites excluding steroid dienone is 5. The van der Waals surface area contributed by atoms with Gasteiger partial charge in [0, 0.05) is 0 Å². The molecule has 0 aromatic rings. The average Bonchev–Trinajstić information content (AvgIpc) is 2.79. The maximum Gasteiger partial charge on any atom is -0.00173 e. The molecule has 0 aromatic carbocycles. The summed E-state index contributed by atoms with van der Waals surface area (Å²) in [6.45, 7) is 14.2. The molecule has 1 heterocycles. The third-order valence-corrected chi connectivity index (χ3v) is 3.94. The first-order valence-electron chi connectivity index (χ1n) is 8.40. The first-order valence-corrected chi connectivity index (χ1v) is 8.40. The van der Waals surface area contributed by atoms with Crippen LogP contribution in [0, 0.1) is 11.8 Å². The van der Waals surface area contributed by atoms with E-state index >= 15 is 0 Å². The van der Waals surface area contributed by atoms with Gasteiger partial charge in [-0.05, 0) is 51.6 Å². The molecule has 1 nitrogen and oxygen atoms in total. The second-order valence-corrected chi connectivity index (χ2v) is 5.46. The SMILES string of the molecule is C1CCC2CNCC2CC1.C=C/C=C(C)\C=C/C.CC. The highest BCUT2D eigenvalue weighted by atomic mass is 14.9. The maximum absolute atomic E-state index is 3.57. The lowest BCUT2D eigenvalue weighted by molar-refractivity contribution is 0.397.